The highest BCUT2D eigenvalue weighted by atomic mass is 32.2. The molecule has 1 aliphatic heterocycles. The summed E-state index contributed by atoms with van der Waals surface area (Å²) in [6, 6.07) is 42.1. The Hall–Kier alpha value is -4.88. The van der Waals surface area contributed by atoms with Gasteiger partial charge >= 0.3 is 0 Å². The molecule has 9 nitrogen and oxygen atoms in total. The first-order chi connectivity index (χ1) is 25.8. The number of aromatic nitrogens is 1. The number of nitrogens with one attached hydrogen (secondary N) is 2. The van der Waals surface area contributed by atoms with Crippen molar-refractivity contribution in [3.63, 3.8) is 0 Å². The summed E-state index contributed by atoms with van der Waals surface area (Å²) in [7, 11) is -3.83. The zero-order valence-corrected chi connectivity index (χ0v) is 30.6. The van der Waals surface area contributed by atoms with E-state index in [1.54, 1.807) is 36.2 Å². The second kappa shape index (κ2) is 16.4. The van der Waals surface area contributed by atoms with E-state index in [1.807, 2.05) is 103 Å². The second-order valence-electron chi connectivity index (χ2n) is 12.8. The maximum atomic E-state index is 13.3. The highest BCUT2D eigenvalue weighted by molar-refractivity contribution is 7.99. The molecule has 270 valence electrons. The van der Waals surface area contributed by atoms with Crippen molar-refractivity contribution in [1.29, 1.82) is 0 Å². The van der Waals surface area contributed by atoms with Gasteiger partial charge in [-0.15, -0.1) is 11.8 Å². The molecule has 1 fully saturated rings. The molecule has 0 spiro atoms. The molecule has 7 rings (SSSR count). The number of aliphatic hydroxyl groups excluding tert-OH is 1. The molecular weight excluding hydrogens is 707 g/mol. The Labute approximate surface area is 313 Å². The average Bonchev–Trinajstić information content (AvgIpc) is 3.19. The zero-order chi connectivity index (χ0) is 36.8. The zero-order valence-electron chi connectivity index (χ0n) is 29.0. The van der Waals surface area contributed by atoms with Crippen LogP contribution in [-0.2, 0) is 37.4 Å². The smallest absolute Gasteiger partial charge is 0.243 e. The van der Waals surface area contributed by atoms with Crippen molar-refractivity contribution in [2.75, 3.05) is 11.1 Å². The lowest BCUT2D eigenvalue weighted by molar-refractivity contribution is -0.255. The third-order valence-corrected chi connectivity index (χ3v) is 11.7. The third kappa shape index (κ3) is 8.68. The van der Waals surface area contributed by atoms with Crippen molar-refractivity contribution >= 4 is 44.3 Å². The maximum absolute atomic E-state index is 13.3. The quantitative estimate of drug-likeness (QED) is 0.108. The molecule has 0 bridgehead atoms. The summed E-state index contributed by atoms with van der Waals surface area (Å²) < 4.78 is 43.0. The standard InChI is InChI=1S/C42H39N3O6S2/c1-28(47)45-35-20-22-36(23-21-35)52-27-37-39(31-7-3-2-4-8-31)41(33-16-14-30(26-46)15-17-33)51-42(50-37)34-18-12-29(13-19-34)25-44-53(48,49)38-11-5-9-32-10-6-24-43-40(32)38/h2-24,37,39,41-42,44,46H,25-27H2,1H3,(H,45,47)/t37-,39-,41+,42?/m1/s1. The van der Waals surface area contributed by atoms with Crippen LogP contribution in [-0.4, -0.2) is 36.3 Å². The largest absolute Gasteiger partial charge is 0.392 e. The van der Waals surface area contributed by atoms with Crippen LogP contribution >= 0.6 is 11.8 Å². The average molecular weight is 746 g/mol. The van der Waals surface area contributed by atoms with E-state index in [0.29, 0.717) is 11.3 Å². The van der Waals surface area contributed by atoms with Crippen molar-refractivity contribution < 1.29 is 27.8 Å². The van der Waals surface area contributed by atoms with Crippen LogP contribution in [0.5, 0.6) is 0 Å². The van der Waals surface area contributed by atoms with Gasteiger partial charge < -0.3 is 19.9 Å². The van der Waals surface area contributed by atoms with Crippen molar-refractivity contribution in [1.82, 2.24) is 9.71 Å². The first-order valence-corrected chi connectivity index (χ1v) is 19.7. The minimum absolute atomic E-state index is 0.0546. The molecule has 0 aliphatic carbocycles. The van der Waals surface area contributed by atoms with E-state index in [9.17, 15) is 18.3 Å². The van der Waals surface area contributed by atoms with Crippen LogP contribution in [0.1, 0.15) is 53.1 Å². The van der Waals surface area contributed by atoms with Crippen molar-refractivity contribution in [3.05, 3.63) is 167 Å². The number of hydrogen-bond donors (Lipinski definition) is 3. The predicted octanol–water partition coefficient (Wildman–Crippen LogP) is 7.90. The maximum Gasteiger partial charge on any atom is 0.243 e. The topological polar surface area (TPSA) is 127 Å². The third-order valence-electron chi connectivity index (χ3n) is 9.16. The number of anilines is 1. The monoisotopic (exact) mass is 745 g/mol. The molecule has 11 heteroatoms. The number of carbonyl (C=O) groups excluding carboxylic acids is 1. The van der Waals surface area contributed by atoms with Gasteiger partial charge in [0.25, 0.3) is 0 Å². The number of thioether (sulfide) groups is 1. The Morgan fingerprint density at radius 3 is 2.19 bits per heavy atom. The summed E-state index contributed by atoms with van der Waals surface area (Å²) in [6.07, 6.45) is 0.219. The first kappa shape index (κ1) is 36.5. The Balaban J connectivity index is 1.14. The van der Waals surface area contributed by atoms with Gasteiger partial charge in [0.15, 0.2) is 6.29 Å². The fourth-order valence-electron chi connectivity index (χ4n) is 6.51. The van der Waals surface area contributed by atoms with Gasteiger partial charge in [-0.05, 0) is 58.7 Å². The van der Waals surface area contributed by atoms with Crippen LogP contribution in [0.3, 0.4) is 0 Å². The summed E-state index contributed by atoms with van der Waals surface area (Å²) in [5.74, 6) is 0.340. The first-order valence-electron chi connectivity index (χ1n) is 17.3. The molecule has 1 saturated heterocycles. The van der Waals surface area contributed by atoms with E-state index in [0.717, 1.165) is 43.8 Å². The van der Waals surface area contributed by atoms with Gasteiger partial charge in [0, 0.05) is 52.9 Å². The molecule has 1 aromatic heterocycles. The Morgan fingerprint density at radius 1 is 0.774 bits per heavy atom. The predicted molar refractivity (Wildman–Crippen MR) is 207 cm³/mol. The highest BCUT2D eigenvalue weighted by Gasteiger charge is 2.42. The number of amides is 1. The van der Waals surface area contributed by atoms with Crippen molar-refractivity contribution in [3.8, 4) is 0 Å². The molecule has 5 aromatic carbocycles. The minimum Gasteiger partial charge on any atom is -0.392 e. The Kier molecular flexibility index (Phi) is 11.3. The van der Waals surface area contributed by atoms with Gasteiger partial charge in [0.05, 0.1) is 24.3 Å². The van der Waals surface area contributed by atoms with E-state index in [-0.39, 0.29) is 42.1 Å². The molecular formula is C42H39N3O6S2. The molecule has 1 unspecified atom stereocenters. The van der Waals surface area contributed by atoms with Crippen LogP contribution in [0, 0.1) is 0 Å². The van der Waals surface area contributed by atoms with E-state index >= 15 is 0 Å². The number of pyridine rings is 1. The molecule has 0 saturated carbocycles. The summed E-state index contributed by atoms with van der Waals surface area (Å²) in [4.78, 5) is 17.0. The number of sulfonamides is 1. The lowest BCUT2D eigenvalue weighted by atomic mass is 9.84. The summed E-state index contributed by atoms with van der Waals surface area (Å²) in [5, 5.41) is 13.3. The lowest BCUT2D eigenvalue weighted by Gasteiger charge is -2.43. The number of aliphatic hydroxyl groups is 1. The van der Waals surface area contributed by atoms with Crippen LogP contribution in [0.4, 0.5) is 5.69 Å². The van der Waals surface area contributed by atoms with Gasteiger partial charge in [-0.3, -0.25) is 9.78 Å². The molecule has 6 aromatic rings. The summed E-state index contributed by atoms with van der Waals surface area (Å²) in [5.41, 5.74) is 5.59. The number of hydrogen-bond acceptors (Lipinski definition) is 8. The molecule has 53 heavy (non-hydrogen) atoms. The normalized spacial score (nSPS) is 18.8. The van der Waals surface area contributed by atoms with E-state index in [2.05, 4.69) is 27.2 Å². The molecule has 1 aliphatic rings. The highest BCUT2D eigenvalue weighted by Crippen LogP contribution is 2.48. The SMILES string of the molecule is CC(=O)Nc1ccc(SC[C@H]2OC(c3ccc(CNS(=O)(=O)c4cccc5cccnc45)cc3)O[C@@H](c3ccc(CO)cc3)[C@@H]2c2ccccc2)cc1. The number of nitrogens with zero attached hydrogens (tertiary/aromatic N) is 1. The Bertz CT molecular complexity index is 2260. The number of ether oxygens (including phenoxy) is 2. The number of benzene rings is 5. The molecule has 2 heterocycles. The number of rotatable bonds is 12. The van der Waals surface area contributed by atoms with Gasteiger partial charge in [0.2, 0.25) is 15.9 Å². The van der Waals surface area contributed by atoms with Crippen LogP contribution in [0.2, 0.25) is 0 Å². The van der Waals surface area contributed by atoms with E-state index in [1.165, 1.54) is 6.92 Å². The summed E-state index contributed by atoms with van der Waals surface area (Å²) >= 11 is 1.67. The molecule has 3 N–H and O–H groups in total. The Morgan fingerprint density at radius 2 is 1.47 bits per heavy atom. The lowest BCUT2D eigenvalue weighted by Crippen LogP contribution is -2.38. The second-order valence-corrected chi connectivity index (χ2v) is 15.6. The van der Waals surface area contributed by atoms with E-state index < -0.39 is 16.3 Å². The fraction of sp³-hybridized carbons (Fsp3) is 0.190. The summed E-state index contributed by atoms with van der Waals surface area (Å²) in [6.45, 7) is 1.52. The van der Waals surface area contributed by atoms with Gasteiger partial charge in [-0.1, -0.05) is 97.1 Å². The van der Waals surface area contributed by atoms with Gasteiger partial charge in [-0.2, -0.15) is 0 Å². The van der Waals surface area contributed by atoms with Crippen molar-refractivity contribution in [2.45, 2.75) is 54.3 Å². The van der Waals surface area contributed by atoms with E-state index in [4.69, 9.17) is 9.47 Å². The number of para-hydroxylation sites is 1. The number of carbonyl (C=O) groups is 1. The van der Waals surface area contributed by atoms with Crippen molar-refractivity contribution in [2.24, 2.45) is 0 Å². The van der Waals surface area contributed by atoms with Crippen LogP contribution in [0.15, 0.2) is 149 Å². The molecule has 0 radical (unpaired) electrons. The van der Waals surface area contributed by atoms with Crippen LogP contribution in [0.25, 0.3) is 10.9 Å². The fourth-order valence-corrected chi connectivity index (χ4v) is 8.68. The molecule has 1 amide bonds. The van der Waals surface area contributed by atoms with Gasteiger partial charge in [0.1, 0.15) is 4.90 Å². The van der Waals surface area contributed by atoms with Crippen LogP contribution < -0.4 is 10.0 Å². The van der Waals surface area contributed by atoms with Gasteiger partial charge in [-0.25, -0.2) is 13.1 Å². The minimum atomic E-state index is -3.83. The number of fused-ring (bicyclic) bond motifs is 1. The molecule has 4 atom stereocenters.